The quantitative estimate of drug-likeness (QED) is 0.634. The first-order valence-corrected chi connectivity index (χ1v) is 7.36. The zero-order valence-electron chi connectivity index (χ0n) is 13.4. The Kier molecular flexibility index (Phi) is 4.06. The summed E-state index contributed by atoms with van der Waals surface area (Å²) in [5.41, 5.74) is 3.65. The third-order valence-electron chi connectivity index (χ3n) is 3.76. The maximum absolute atomic E-state index is 12.4. The first-order valence-electron chi connectivity index (χ1n) is 7.36. The molecule has 0 fully saturated rings. The Balaban J connectivity index is 1.86. The Morgan fingerprint density at radius 1 is 1.17 bits per heavy atom. The molecule has 0 unspecified atom stereocenters. The molecule has 0 N–H and O–H groups in total. The van der Waals surface area contributed by atoms with E-state index in [1.165, 1.54) is 0 Å². The van der Waals surface area contributed by atoms with Gasteiger partial charge in [0.25, 0.3) is 0 Å². The Morgan fingerprint density at radius 2 is 2.00 bits per heavy atom. The van der Waals surface area contributed by atoms with Gasteiger partial charge in [-0.3, -0.25) is 4.79 Å². The standard InChI is InChI=1S/C19H18O4/c1-12-4-6-15(13(2)8-12)16(20)7-5-14-9-17(21-3)19-18(10-14)22-11-23-19/h4-10H,11H2,1-3H3/b7-5+. The van der Waals surface area contributed by atoms with Gasteiger partial charge >= 0.3 is 0 Å². The normalized spacial score (nSPS) is 12.7. The largest absolute Gasteiger partial charge is 0.493 e. The first kappa shape index (κ1) is 15.2. The second-order valence-electron chi connectivity index (χ2n) is 5.47. The van der Waals surface area contributed by atoms with Crippen LogP contribution in [0.5, 0.6) is 17.2 Å². The molecule has 23 heavy (non-hydrogen) atoms. The smallest absolute Gasteiger partial charge is 0.231 e. The van der Waals surface area contributed by atoms with Crippen molar-refractivity contribution in [3.05, 3.63) is 58.7 Å². The Bertz CT molecular complexity index is 790. The number of carbonyl (C=O) groups excluding carboxylic acids is 1. The van der Waals surface area contributed by atoms with Crippen molar-refractivity contribution in [2.45, 2.75) is 13.8 Å². The minimum atomic E-state index is -0.0286. The number of aryl methyl sites for hydroxylation is 2. The van der Waals surface area contributed by atoms with Gasteiger partial charge in [0.15, 0.2) is 17.3 Å². The average Bonchev–Trinajstić information content (AvgIpc) is 3.00. The molecular weight excluding hydrogens is 292 g/mol. The van der Waals surface area contributed by atoms with E-state index in [0.29, 0.717) is 22.8 Å². The number of methoxy groups -OCH3 is 1. The van der Waals surface area contributed by atoms with Crippen LogP contribution < -0.4 is 14.2 Å². The van der Waals surface area contributed by atoms with E-state index >= 15 is 0 Å². The number of carbonyl (C=O) groups is 1. The SMILES string of the molecule is COc1cc(/C=C/C(=O)c2ccc(C)cc2C)cc2c1OCO2. The molecule has 0 aliphatic carbocycles. The molecule has 0 saturated heterocycles. The highest BCUT2D eigenvalue weighted by Crippen LogP contribution is 2.42. The summed E-state index contributed by atoms with van der Waals surface area (Å²) in [5.74, 6) is 1.80. The Hall–Kier alpha value is -2.75. The summed E-state index contributed by atoms with van der Waals surface area (Å²) in [5, 5.41) is 0. The Labute approximate surface area is 135 Å². The number of benzene rings is 2. The predicted molar refractivity (Wildman–Crippen MR) is 88.4 cm³/mol. The lowest BCUT2D eigenvalue weighted by Crippen LogP contribution is -1.98. The van der Waals surface area contributed by atoms with Crippen molar-refractivity contribution in [1.82, 2.24) is 0 Å². The molecule has 1 aliphatic rings. The van der Waals surface area contributed by atoms with Crippen molar-refractivity contribution < 1.29 is 19.0 Å². The van der Waals surface area contributed by atoms with Crippen LogP contribution in [0.4, 0.5) is 0 Å². The molecule has 1 heterocycles. The molecule has 0 amide bonds. The molecule has 0 bridgehead atoms. The molecule has 0 radical (unpaired) electrons. The monoisotopic (exact) mass is 310 g/mol. The van der Waals surface area contributed by atoms with E-state index in [-0.39, 0.29) is 12.6 Å². The lowest BCUT2D eigenvalue weighted by atomic mass is 10.0. The summed E-state index contributed by atoms with van der Waals surface area (Å²) >= 11 is 0. The van der Waals surface area contributed by atoms with Crippen LogP contribution in [0, 0.1) is 13.8 Å². The zero-order valence-corrected chi connectivity index (χ0v) is 13.4. The molecule has 4 heteroatoms. The fourth-order valence-electron chi connectivity index (χ4n) is 2.60. The van der Waals surface area contributed by atoms with Crippen LogP contribution in [0.25, 0.3) is 6.08 Å². The van der Waals surface area contributed by atoms with Crippen LogP contribution in [0.15, 0.2) is 36.4 Å². The predicted octanol–water partition coefficient (Wildman–Crippen LogP) is 3.94. The number of hydrogen-bond acceptors (Lipinski definition) is 4. The van der Waals surface area contributed by atoms with E-state index in [4.69, 9.17) is 14.2 Å². The molecule has 0 aromatic heterocycles. The lowest BCUT2D eigenvalue weighted by molar-refractivity contribution is 0.104. The van der Waals surface area contributed by atoms with Crippen molar-refractivity contribution in [3.63, 3.8) is 0 Å². The van der Waals surface area contributed by atoms with Crippen molar-refractivity contribution in [1.29, 1.82) is 0 Å². The molecule has 2 aromatic rings. The van der Waals surface area contributed by atoms with Gasteiger partial charge in [-0.1, -0.05) is 29.8 Å². The molecule has 0 atom stereocenters. The van der Waals surface area contributed by atoms with E-state index in [0.717, 1.165) is 16.7 Å². The van der Waals surface area contributed by atoms with Crippen LogP contribution in [-0.4, -0.2) is 19.7 Å². The number of rotatable bonds is 4. The van der Waals surface area contributed by atoms with Crippen LogP contribution in [0.3, 0.4) is 0 Å². The average molecular weight is 310 g/mol. The lowest BCUT2D eigenvalue weighted by Gasteiger charge is -2.06. The van der Waals surface area contributed by atoms with Crippen LogP contribution in [0.1, 0.15) is 27.0 Å². The maximum atomic E-state index is 12.4. The van der Waals surface area contributed by atoms with E-state index in [1.807, 2.05) is 44.2 Å². The maximum Gasteiger partial charge on any atom is 0.231 e. The number of allylic oxidation sites excluding steroid dienone is 1. The third kappa shape index (κ3) is 3.06. The fraction of sp³-hybridized carbons (Fsp3) is 0.211. The van der Waals surface area contributed by atoms with Gasteiger partial charge in [-0.15, -0.1) is 0 Å². The van der Waals surface area contributed by atoms with Gasteiger partial charge in [0.2, 0.25) is 12.5 Å². The van der Waals surface area contributed by atoms with E-state index in [2.05, 4.69) is 0 Å². The van der Waals surface area contributed by atoms with E-state index in [9.17, 15) is 4.79 Å². The summed E-state index contributed by atoms with van der Waals surface area (Å²) in [6.45, 7) is 4.13. The van der Waals surface area contributed by atoms with E-state index in [1.54, 1.807) is 19.3 Å². The summed E-state index contributed by atoms with van der Waals surface area (Å²) in [7, 11) is 1.58. The number of ether oxygens (including phenoxy) is 3. The minimum absolute atomic E-state index is 0.0286. The molecule has 3 rings (SSSR count). The van der Waals surface area contributed by atoms with Crippen LogP contribution >= 0.6 is 0 Å². The van der Waals surface area contributed by atoms with Crippen molar-refractivity contribution >= 4 is 11.9 Å². The van der Waals surface area contributed by atoms with Gasteiger partial charge in [0.1, 0.15) is 0 Å². The number of fused-ring (bicyclic) bond motifs is 1. The summed E-state index contributed by atoms with van der Waals surface area (Å²) in [6.07, 6.45) is 3.32. The molecule has 2 aromatic carbocycles. The molecule has 0 saturated carbocycles. The van der Waals surface area contributed by atoms with Gasteiger partial charge in [-0.05, 0) is 43.2 Å². The van der Waals surface area contributed by atoms with Gasteiger partial charge in [-0.25, -0.2) is 0 Å². The fourth-order valence-corrected chi connectivity index (χ4v) is 2.60. The van der Waals surface area contributed by atoms with E-state index < -0.39 is 0 Å². The van der Waals surface area contributed by atoms with Crippen LogP contribution in [0.2, 0.25) is 0 Å². The molecular formula is C19H18O4. The topological polar surface area (TPSA) is 44.8 Å². The summed E-state index contributed by atoms with van der Waals surface area (Å²) in [4.78, 5) is 12.4. The summed E-state index contributed by atoms with van der Waals surface area (Å²) < 4.78 is 16.0. The van der Waals surface area contributed by atoms with Gasteiger partial charge < -0.3 is 14.2 Å². The highest BCUT2D eigenvalue weighted by atomic mass is 16.7. The van der Waals surface area contributed by atoms with Crippen molar-refractivity contribution in [3.8, 4) is 17.2 Å². The minimum Gasteiger partial charge on any atom is -0.493 e. The van der Waals surface area contributed by atoms with Crippen molar-refractivity contribution in [2.75, 3.05) is 13.9 Å². The van der Waals surface area contributed by atoms with Crippen molar-refractivity contribution in [2.24, 2.45) is 0 Å². The highest BCUT2D eigenvalue weighted by molar-refractivity contribution is 6.07. The Morgan fingerprint density at radius 3 is 2.74 bits per heavy atom. The number of hydrogen-bond donors (Lipinski definition) is 0. The second-order valence-corrected chi connectivity index (χ2v) is 5.47. The first-order chi connectivity index (χ1) is 11.1. The zero-order chi connectivity index (χ0) is 16.4. The second kappa shape index (κ2) is 6.16. The molecule has 118 valence electrons. The molecule has 4 nitrogen and oxygen atoms in total. The third-order valence-corrected chi connectivity index (χ3v) is 3.76. The summed E-state index contributed by atoms with van der Waals surface area (Å²) in [6, 6.07) is 9.45. The molecule has 0 spiro atoms. The highest BCUT2D eigenvalue weighted by Gasteiger charge is 2.19. The van der Waals surface area contributed by atoms with Gasteiger partial charge in [0, 0.05) is 5.56 Å². The number of ketones is 1. The molecule has 1 aliphatic heterocycles. The van der Waals surface area contributed by atoms with Gasteiger partial charge in [0.05, 0.1) is 7.11 Å². The van der Waals surface area contributed by atoms with Gasteiger partial charge in [-0.2, -0.15) is 0 Å². The van der Waals surface area contributed by atoms with Crippen LogP contribution in [-0.2, 0) is 0 Å².